The van der Waals surface area contributed by atoms with E-state index in [1.807, 2.05) is 30.3 Å². The van der Waals surface area contributed by atoms with Gasteiger partial charge in [0, 0.05) is 11.7 Å². The first kappa shape index (κ1) is 17.9. The molecule has 2 aromatic carbocycles. The van der Waals surface area contributed by atoms with Crippen molar-refractivity contribution in [1.29, 1.82) is 0 Å². The summed E-state index contributed by atoms with van der Waals surface area (Å²) in [6.45, 7) is 0. The molecule has 1 heterocycles. The quantitative estimate of drug-likeness (QED) is 0.570. The van der Waals surface area contributed by atoms with Crippen LogP contribution < -0.4 is 10.6 Å². The molecule has 1 saturated carbocycles. The monoisotopic (exact) mass is 400 g/mol. The third-order valence-electron chi connectivity index (χ3n) is 3.98. The molecular weight excluding hydrogens is 383 g/mol. The number of amides is 1. The Morgan fingerprint density at radius 1 is 1.11 bits per heavy atom. The van der Waals surface area contributed by atoms with E-state index in [2.05, 4.69) is 20.8 Å². The predicted octanol–water partition coefficient (Wildman–Crippen LogP) is 4.53. The molecule has 3 aromatic rings. The first-order valence-electron chi connectivity index (χ1n) is 8.55. The Morgan fingerprint density at radius 3 is 2.56 bits per heavy atom. The van der Waals surface area contributed by atoms with Crippen LogP contribution in [-0.2, 0) is 4.79 Å². The predicted molar refractivity (Wildman–Crippen MR) is 106 cm³/mol. The summed E-state index contributed by atoms with van der Waals surface area (Å²) in [5.41, 5.74) is 1.67. The molecule has 2 N–H and O–H groups in total. The van der Waals surface area contributed by atoms with E-state index in [1.165, 1.54) is 35.2 Å². The fraction of sp³-hybridized carbons (Fsp3) is 0.211. The van der Waals surface area contributed by atoms with E-state index in [4.69, 9.17) is 0 Å². The molecule has 0 unspecified atom stereocenters. The summed E-state index contributed by atoms with van der Waals surface area (Å²) in [6.07, 6.45) is 2.09. The van der Waals surface area contributed by atoms with Gasteiger partial charge in [0.1, 0.15) is 11.1 Å². The van der Waals surface area contributed by atoms with Crippen molar-refractivity contribution in [3.05, 3.63) is 66.0 Å². The zero-order chi connectivity index (χ0) is 18.6. The van der Waals surface area contributed by atoms with Crippen LogP contribution in [0.1, 0.15) is 23.7 Å². The van der Waals surface area contributed by atoms with Gasteiger partial charge < -0.3 is 10.6 Å². The molecule has 5 nitrogen and oxygen atoms in total. The molecule has 0 radical (unpaired) electrons. The number of thioether (sulfide) groups is 1. The number of anilines is 2. The van der Waals surface area contributed by atoms with Gasteiger partial charge in [0.2, 0.25) is 11.0 Å². The Kier molecular flexibility index (Phi) is 5.35. The summed E-state index contributed by atoms with van der Waals surface area (Å²) in [4.78, 5) is 12.7. The normalized spacial score (nSPS) is 14.6. The van der Waals surface area contributed by atoms with Crippen LogP contribution >= 0.6 is 23.1 Å². The number of rotatable bonds is 7. The standard InChI is InChI=1S/C19H17FN4OS2/c20-13-6-8-15(9-7-13)22-18-23-24-19(27-18)26-16(12-4-2-1-3-5-12)17(25)21-14-10-11-14/h1-9,14,16H,10-11H2,(H,21,25)(H,22,23)/t16-/m0/s1. The summed E-state index contributed by atoms with van der Waals surface area (Å²) in [5, 5.41) is 14.7. The second kappa shape index (κ2) is 8.06. The topological polar surface area (TPSA) is 66.9 Å². The van der Waals surface area contributed by atoms with Gasteiger partial charge in [-0.05, 0) is 42.7 Å². The molecule has 1 atom stereocenters. The van der Waals surface area contributed by atoms with Gasteiger partial charge in [-0.1, -0.05) is 53.4 Å². The van der Waals surface area contributed by atoms with Crippen molar-refractivity contribution in [2.75, 3.05) is 5.32 Å². The maximum atomic E-state index is 13.0. The Bertz CT molecular complexity index is 913. The van der Waals surface area contributed by atoms with Gasteiger partial charge in [0.15, 0.2) is 4.34 Å². The van der Waals surface area contributed by atoms with Crippen molar-refractivity contribution in [2.24, 2.45) is 0 Å². The molecule has 1 aromatic heterocycles. The van der Waals surface area contributed by atoms with Gasteiger partial charge in [-0.25, -0.2) is 4.39 Å². The van der Waals surface area contributed by atoms with Gasteiger partial charge in [0.25, 0.3) is 0 Å². The molecule has 1 aliphatic rings. The SMILES string of the molecule is O=C(NC1CC1)[C@@H](Sc1nnc(Nc2ccc(F)cc2)s1)c1ccccc1. The second-order valence-corrected chi connectivity index (χ2v) is 8.53. The smallest absolute Gasteiger partial charge is 0.238 e. The van der Waals surface area contributed by atoms with Gasteiger partial charge in [-0.3, -0.25) is 4.79 Å². The molecule has 0 bridgehead atoms. The van der Waals surface area contributed by atoms with Crippen LogP contribution in [-0.4, -0.2) is 22.1 Å². The molecule has 0 saturated heterocycles. The summed E-state index contributed by atoms with van der Waals surface area (Å²) in [5.74, 6) is -0.293. The van der Waals surface area contributed by atoms with E-state index in [1.54, 1.807) is 12.1 Å². The maximum absolute atomic E-state index is 13.0. The summed E-state index contributed by atoms with van der Waals surface area (Å²) >= 11 is 2.75. The summed E-state index contributed by atoms with van der Waals surface area (Å²) < 4.78 is 13.7. The molecule has 138 valence electrons. The van der Waals surface area contributed by atoms with Crippen molar-refractivity contribution >= 4 is 39.8 Å². The van der Waals surface area contributed by atoms with E-state index in [0.29, 0.717) is 15.5 Å². The number of carbonyl (C=O) groups excluding carboxylic acids is 1. The summed E-state index contributed by atoms with van der Waals surface area (Å²) in [6, 6.07) is 16.0. The lowest BCUT2D eigenvalue weighted by Gasteiger charge is -2.15. The zero-order valence-corrected chi connectivity index (χ0v) is 15.9. The molecule has 0 aliphatic heterocycles. The highest BCUT2D eigenvalue weighted by Crippen LogP contribution is 2.39. The second-order valence-electron chi connectivity index (χ2n) is 6.20. The van der Waals surface area contributed by atoms with Crippen LogP contribution in [0.25, 0.3) is 0 Å². The first-order chi connectivity index (χ1) is 13.2. The fourth-order valence-electron chi connectivity index (χ4n) is 2.47. The molecule has 1 aliphatic carbocycles. The number of aromatic nitrogens is 2. The lowest BCUT2D eigenvalue weighted by Crippen LogP contribution is -2.29. The molecular formula is C19H17FN4OS2. The number of nitrogens with zero attached hydrogens (tertiary/aromatic N) is 2. The van der Waals surface area contributed by atoms with Crippen molar-refractivity contribution in [3.8, 4) is 0 Å². The third kappa shape index (κ3) is 4.84. The number of carbonyl (C=O) groups is 1. The van der Waals surface area contributed by atoms with Gasteiger partial charge in [-0.15, -0.1) is 10.2 Å². The van der Waals surface area contributed by atoms with Crippen LogP contribution in [0.2, 0.25) is 0 Å². The van der Waals surface area contributed by atoms with Crippen LogP contribution in [0.15, 0.2) is 58.9 Å². The minimum Gasteiger partial charge on any atom is -0.352 e. The molecule has 4 rings (SSSR count). The van der Waals surface area contributed by atoms with Crippen LogP contribution in [0.3, 0.4) is 0 Å². The Balaban J connectivity index is 1.48. The zero-order valence-electron chi connectivity index (χ0n) is 14.3. The number of halogens is 1. The van der Waals surface area contributed by atoms with Crippen molar-refractivity contribution in [1.82, 2.24) is 15.5 Å². The van der Waals surface area contributed by atoms with Crippen molar-refractivity contribution in [2.45, 2.75) is 28.5 Å². The largest absolute Gasteiger partial charge is 0.352 e. The van der Waals surface area contributed by atoms with E-state index in [0.717, 1.165) is 24.1 Å². The minimum absolute atomic E-state index is 0.00283. The van der Waals surface area contributed by atoms with Gasteiger partial charge >= 0.3 is 0 Å². The molecule has 0 spiro atoms. The Morgan fingerprint density at radius 2 is 1.85 bits per heavy atom. The highest BCUT2D eigenvalue weighted by molar-refractivity contribution is 8.01. The molecule has 27 heavy (non-hydrogen) atoms. The van der Waals surface area contributed by atoms with E-state index in [9.17, 15) is 9.18 Å². The van der Waals surface area contributed by atoms with Gasteiger partial charge in [0.05, 0.1) is 0 Å². The lowest BCUT2D eigenvalue weighted by atomic mass is 10.1. The van der Waals surface area contributed by atoms with E-state index >= 15 is 0 Å². The Labute approximate surface area is 164 Å². The first-order valence-corrected chi connectivity index (χ1v) is 10.2. The van der Waals surface area contributed by atoms with E-state index < -0.39 is 0 Å². The third-order valence-corrected chi connectivity index (χ3v) is 6.16. The number of nitrogens with one attached hydrogen (secondary N) is 2. The Hall–Kier alpha value is -2.45. The average molecular weight is 401 g/mol. The molecule has 1 amide bonds. The highest BCUT2D eigenvalue weighted by Gasteiger charge is 2.29. The molecule has 1 fully saturated rings. The van der Waals surface area contributed by atoms with Crippen molar-refractivity contribution in [3.63, 3.8) is 0 Å². The maximum Gasteiger partial charge on any atom is 0.238 e. The lowest BCUT2D eigenvalue weighted by molar-refractivity contribution is -0.120. The van der Waals surface area contributed by atoms with Crippen LogP contribution in [0.5, 0.6) is 0 Å². The van der Waals surface area contributed by atoms with Gasteiger partial charge in [-0.2, -0.15) is 0 Å². The minimum atomic E-state index is -0.376. The van der Waals surface area contributed by atoms with Crippen LogP contribution in [0, 0.1) is 5.82 Å². The fourth-order valence-corrected chi connectivity index (χ4v) is 4.44. The average Bonchev–Trinajstić information content (AvgIpc) is 3.39. The number of benzene rings is 2. The number of hydrogen-bond acceptors (Lipinski definition) is 6. The highest BCUT2D eigenvalue weighted by atomic mass is 32.2. The van der Waals surface area contributed by atoms with Crippen molar-refractivity contribution < 1.29 is 9.18 Å². The van der Waals surface area contributed by atoms with Crippen LogP contribution in [0.4, 0.5) is 15.2 Å². The van der Waals surface area contributed by atoms with E-state index in [-0.39, 0.29) is 17.0 Å². The molecule has 8 heteroatoms. The number of hydrogen-bond donors (Lipinski definition) is 2. The summed E-state index contributed by atoms with van der Waals surface area (Å²) in [7, 11) is 0.